The smallest absolute Gasteiger partial charge is 0.222 e. The highest BCUT2D eigenvalue weighted by Crippen LogP contribution is 2.45. The Morgan fingerprint density at radius 1 is 0.886 bits per heavy atom. The van der Waals surface area contributed by atoms with Crippen LogP contribution in [0.25, 0.3) is 0 Å². The zero-order chi connectivity index (χ0) is 24.5. The summed E-state index contributed by atoms with van der Waals surface area (Å²) < 4.78 is 14.1. The first-order valence-corrected chi connectivity index (χ1v) is 13.0. The molecule has 35 heavy (non-hydrogen) atoms. The summed E-state index contributed by atoms with van der Waals surface area (Å²) in [5, 5.41) is 8.14. The lowest BCUT2D eigenvalue weighted by molar-refractivity contribution is -0.125. The van der Waals surface area contributed by atoms with Crippen molar-refractivity contribution >= 4 is 46.4 Å². The van der Waals surface area contributed by atoms with E-state index in [0.717, 1.165) is 19.3 Å². The molecule has 3 aromatic carbocycles. The van der Waals surface area contributed by atoms with Gasteiger partial charge in [0.25, 0.3) is 0 Å². The summed E-state index contributed by atoms with van der Waals surface area (Å²) in [6, 6.07) is 20.9. The molecule has 2 fully saturated rings. The van der Waals surface area contributed by atoms with Crippen molar-refractivity contribution in [2.24, 2.45) is 11.8 Å². The summed E-state index contributed by atoms with van der Waals surface area (Å²) >= 11 is 18.2. The van der Waals surface area contributed by atoms with Gasteiger partial charge in [-0.25, -0.2) is 4.39 Å². The van der Waals surface area contributed by atoms with E-state index in [4.69, 9.17) is 34.8 Å². The van der Waals surface area contributed by atoms with Gasteiger partial charge in [-0.15, -0.1) is 0 Å². The summed E-state index contributed by atoms with van der Waals surface area (Å²) in [6.07, 6.45) is 3.16. The molecule has 1 saturated heterocycles. The molecule has 182 valence electrons. The second-order valence-electron chi connectivity index (χ2n) is 9.58. The molecule has 3 nitrogen and oxygen atoms in total. The van der Waals surface area contributed by atoms with Gasteiger partial charge in [0.15, 0.2) is 0 Å². The summed E-state index contributed by atoms with van der Waals surface area (Å²) in [4.78, 5) is 12.5. The maximum Gasteiger partial charge on any atom is 0.222 e. The Morgan fingerprint density at radius 3 is 2.11 bits per heavy atom. The number of nitrogens with one attached hydrogen (secondary N) is 2. The minimum atomic E-state index is -0.472. The number of carbonyl (C=O) groups is 1. The van der Waals surface area contributed by atoms with Gasteiger partial charge in [-0.3, -0.25) is 4.79 Å². The van der Waals surface area contributed by atoms with Gasteiger partial charge in [0.1, 0.15) is 5.82 Å². The van der Waals surface area contributed by atoms with E-state index < -0.39 is 5.82 Å². The molecule has 1 saturated carbocycles. The Labute approximate surface area is 220 Å². The van der Waals surface area contributed by atoms with E-state index in [-0.39, 0.29) is 34.8 Å². The maximum absolute atomic E-state index is 14.1. The highest BCUT2D eigenvalue weighted by atomic mass is 35.5. The lowest BCUT2D eigenvalue weighted by atomic mass is 9.65. The molecule has 1 heterocycles. The number of hydrogen-bond donors (Lipinski definition) is 2. The van der Waals surface area contributed by atoms with Gasteiger partial charge in [0.05, 0.1) is 5.02 Å². The second kappa shape index (κ2) is 10.4. The maximum atomic E-state index is 14.1. The summed E-state index contributed by atoms with van der Waals surface area (Å²) in [7, 11) is 0. The van der Waals surface area contributed by atoms with E-state index in [1.807, 2.05) is 24.3 Å². The van der Waals surface area contributed by atoms with Crippen molar-refractivity contribution in [1.82, 2.24) is 5.32 Å². The lowest BCUT2D eigenvalue weighted by Crippen LogP contribution is -2.56. The van der Waals surface area contributed by atoms with Crippen LogP contribution < -0.4 is 10.6 Å². The van der Waals surface area contributed by atoms with Crippen LogP contribution in [0.1, 0.15) is 42.7 Å². The third-order valence-corrected chi connectivity index (χ3v) is 8.22. The molecule has 2 N–H and O–H groups in total. The number of fused-ring (bicyclic) bond motifs is 1. The van der Waals surface area contributed by atoms with Gasteiger partial charge in [-0.05, 0) is 78.8 Å². The van der Waals surface area contributed by atoms with Gasteiger partial charge >= 0.3 is 0 Å². The monoisotopic (exact) mass is 530 g/mol. The first-order chi connectivity index (χ1) is 16.9. The minimum Gasteiger partial charge on any atom is -0.381 e. The molecule has 4 atom stereocenters. The number of rotatable bonds is 5. The molecule has 5 rings (SSSR count). The fraction of sp³-hybridized carbons (Fsp3) is 0.321. The van der Waals surface area contributed by atoms with Gasteiger partial charge in [-0.2, -0.15) is 0 Å². The highest BCUT2D eigenvalue weighted by molar-refractivity contribution is 6.31. The SMILES string of the molecule is O=C1CC(Nc2ccc(Cl)c(F)c2)C2CC(C(c3ccc(Cl)cc3)c3ccc(Cl)cc3)CCC2N1. The van der Waals surface area contributed by atoms with E-state index >= 15 is 0 Å². The van der Waals surface area contributed by atoms with Gasteiger partial charge in [-0.1, -0.05) is 59.1 Å². The Morgan fingerprint density at radius 2 is 1.51 bits per heavy atom. The number of hydrogen-bond acceptors (Lipinski definition) is 2. The van der Waals surface area contributed by atoms with Crippen LogP contribution in [0.4, 0.5) is 10.1 Å². The van der Waals surface area contributed by atoms with Crippen molar-refractivity contribution in [1.29, 1.82) is 0 Å². The molecular formula is C28H26Cl3FN2O. The van der Waals surface area contributed by atoms with Crippen LogP contribution >= 0.6 is 34.8 Å². The lowest BCUT2D eigenvalue weighted by Gasteiger charge is -2.46. The van der Waals surface area contributed by atoms with Crippen molar-refractivity contribution in [3.05, 3.63) is 98.7 Å². The summed E-state index contributed by atoms with van der Waals surface area (Å²) in [6.45, 7) is 0. The standard InChI is InChI=1S/C28H26Cl3FN2O/c29-19-6-1-16(2-7-19)28(17-3-8-20(30)9-4-17)18-5-12-25-22(13-18)26(15-27(35)34-25)33-21-10-11-23(31)24(32)14-21/h1-4,6-11,14,18,22,25-26,28,33H,5,12-13,15H2,(H,34,35). The molecule has 0 spiro atoms. The molecule has 4 unspecified atom stereocenters. The molecule has 0 bridgehead atoms. The normalized spacial score (nSPS) is 24.1. The van der Waals surface area contributed by atoms with E-state index in [2.05, 4.69) is 34.9 Å². The predicted molar refractivity (Wildman–Crippen MR) is 141 cm³/mol. The molecular weight excluding hydrogens is 506 g/mol. The Balaban J connectivity index is 1.44. The van der Waals surface area contributed by atoms with Crippen molar-refractivity contribution < 1.29 is 9.18 Å². The van der Waals surface area contributed by atoms with Crippen LogP contribution in [0.15, 0.2) is 66.7 Å². The number of halogens is 4. The van der Waals surface area contributed by atoms with Crippen LogP contribution in [-0.4, -0.2) is 18.0 Å². The summed E-state index contributed by atoms with van der Waals surface area (Å²) in [5.74, 6) is 0.313. The number of carbonyl (C=O) groups excluding carboxylic acids is 1. The van der Waals surface area contributed by atoms with Crippen LogP contribution in [0.3, 0.4) is 0 Å². The Bertz CT molecular complexity index is 1160. The number of piperidine rings is 1. The fourth-order valence-corrected chi connectivity index (χ4v) is 6.19. The van der Waals surface area contributed by atoms with E-state index in [1.165, 1.54) is 17.2 Å². The zero-order valence-corrected chi connectivity index (χ0v) is 21.3. The average molecular weight is 532 g/mol. The molecule has 0 aromatic heterocycles. The third kappa shape index (κ3) is 5.45. The molecule has 7 heteroatoms. The molecule has 0 radical (unpaired) electrons. The molecule has 3 aromatic rings. The quantitative estimate of drug-likeness (QED) is 0.354. The topological polar surface area (TPSA) is 41.1 Å². The first-order valence-electron chi connectivity index (χ1n) is 11.9. The summed E-state index contributed by atoms with van der Waals surface area (Å²) in [5.41, 5.74) is 3.06. The molecule has 1 aliphatic carbocycles. The first kappa shape index (κ1) is 24.4. The zero-order valence-electron chi connectivity index (χ0n) is 19.0. The largest absolute Gasteiger partial charge is 0.381 e. The van der Waals surface area contributed by atoms with Gasteiger partial charge < -0.3 is 10.6 Å². The number of amides is 1. The third-order valence-electron chi connectivity index (χ3n) is 7.41. The minimum absolute atomic E-state index is 0.0311. The fourth-order valence-electron chi connectivity index (χ4n) is 5.82. The van der Waals surface area contributed by atoms with E-state index in [1.54, 1.807) is 12.1 Å². The Hall–Kier alpha value is -2.27. The average Bonchev–Trinajstić information content (AvgIpc) is 2.84. The van der Waals surface area contributed by atoms with Crippen molar-refractivity contribution in [3.8, 4) is 0 Å². The van der Waals surface area contributed by atoms with Crippen molar-refractivity contribution in [2.75, 3.05) is 5.32 Å². The molecule has 1 amide bonds. The second-order valence-corrected chi connectivity index (χ2v) is 10.9. The van der Waals surface area contributed by atoms with E-state index in [9.17, 15) is 9.18 Å². The van der Waals surface area contributed by atoms with E-state index in [0.29, 0.717) is 28.1 Å². The van der Waals surface area contributed by atoms with Crippen LogP contribution in [0.5, 0.6) is 0 Å². The number of anilines is 1. The molecule has 2 aliphatic rings. The van der Waals surface area contributed by atoms with Gasteiger partial charge in [0, 0.05) is 46.1 Å². The van der Waals surface area contributed by atoms with Crippen LogP contribution in [-0.2, 0) is 4.79 Å². The number of benzene rings is 3. The van der Waals surface area contributed by atoms with Crippen molar-refractivity contribution in [2.45, 2.75) is 43.7 Å². The highest BCUT2D eigenvalue weighted by Gasteiger charge is 2.43. The Kier molecular flexibility index (Phi) is 7.24. The predicted octanol–water partition coefficient (Wildman–Crippen LogP) is 7.70. The molecule has 1 aliphatic heterocycles. The van der Waals surface area contributed by atoms with Crippen LogP contribution in [0.2, 0.25) is 15.1 Å². The van der Waals surface area contributed by atoms with Crippen LogP contribution in [0, 0.1) is 17.7 Å². The van der Waals surface area contributed by atoms with Crippen molar-refractivity contribution in [3.63, 3.8) is 0 Å². The van der Waals surface area contributed by atoms with Gasteiger partial charge in [0.2, 0.25) is 5.91 Å².